The largest absolute Gasteiger partial charge is 0.497 e. The number of carbonyl (C=O) groups excluding carboxylic acids is 2. The minimum Gasteiger partial charge on any atom is -0.497 e. The van der Waals surface area contributed by atoms with E-state index < -0.39 is 57.6 Å². The number of sulfonamides is 1. The maximum Gasteiger partial charge on any atom is 0.330 e. The Morgan fingerprint density at radius 3 is 2.54 bits per heavy atom. The van der Waals surface area contributed by atoms with Gasteiger partial charge in [-0.05, 0) is 37.8 Å². The quantitative estimate of drug-likeness (QED) is 0.126. The fraction of sp³-hybridized carbons (Fsp3) is 0.395. The number of fused-ring (bicyclic) bond motifs is 1. The van der Waals surface area contributed by atoms with Crippen LogP contribution in [0.1, 0.15) is 38.9 Å². The second-order valence-corrected chi connectivity index (χ2v) is 15.8. The minimum atomic E-state index is -4.05. The number of hydrogen-bond acceptors (Lipinski definition) is 10. The molecule has 0 bridgehead atoms. The molecule has 2 aliphatic rings. The van der Waals surface area contributed by atoms with Crippen molar-refractivity contribution in [2.75, 3.05) is 20.2 Å². The highest BCUT2D eigenvalue weighted by Gasteiger charge is 2.61. The van der Waals surface area contributed by atoms with E-state index in [2.05, 4.69) is 27.1 Å². The van der Waals surface area contributed by atoms with E-state index in [-0.39, 0.29) is 36.9 Å². The van der Waals surface area contributed by atoms with Gasteiger partial charge in [0.05, 0.1) is 24.9 Å². The van der Waals surface area contributed by atoms with E-state index in [0.29, 0.717) is 40.3 Å². The molecule has 3 amide bonds. The van der Waals surface area contributed by atoms with Crippen LogP contribution < -0.4 is 24.8 Å². The number of urea groups is 1. The summed E-state index contributed by atoms with van der Waals surface area (Å²) >= 11 is 0. The molecular weight excluding hydrogens is 717 g/mol. The zero-order valence-corrected chi connectivity index (χ0v) is 31.3. The third-order valence-electron chi connectivity index (χ3n) is 9.68. The third-order valence-corrected chi connectivity index (χ3v) is 11.0. The van der Waals surface area contributed by atoms with Gasteiger partial charge < -0.3 is 34.6 Å². The number of aliphatic carboxylic acids is 1. The van der Waals surface area contributed by atoms with Crippen LogP contribution in [0.25, 0.3) is 22.2 Å². The number of amides is 3. The van der Waals surface area contributed by atoms with E-state index in [9.17, 15) is 27.9 Å². The number of nitrogens with zero attached hydrogens (tertiary/aromatic N) is 3. The van der Waals surface area contributed by atoms with Gasteiger partial charge in [-0.2, -0.15) is 0 Å². The Morgan fingerprint density at radius 1 is 1.15 bits per heavy atom. The standard InChI is InChI=1S/C38H44N6O9S/c1-6-25-19-38(25,36(46)47)42-35(45)32-17-28(52-33-18-30(24-10-8-7-9-11-24)41-31-16-27(51-5)12-13-29(31)33)21-44(32)37(48)40-26(14-22(2)3)20-39-54(49,50)34-15-23(4)53-43-34/h6-13,15-16,18,22,25-26,28,32,39H,1,14,17,19-21H2,2-5H3,(H,40,48)(H,42,45)(H,46,47)/t25-,26+,28-,32+,38-/m1/s1. The first-order valence-electron chi connectivity index (χ1n) is 17.6. The highest BCUT2D eigenvalue weighted by molar-refractivity contribution is 7.89. The number of ether oxygens (including phenoxy) is 2. The number of carboxylic acids is 1. The second-order valence-electron chi connectivity index (χ2n) is 14.1. The van der Waals surface area contributed by atoms with Crippen molar-refractivity contribution in [2.45, 2.75) is 68.8 Å². The van der Waals surface area contributed by atoms with Crippen molar-refractivity contribution >= 4 is 38.8 Å². The molecule has 1 saturated heterocycles. The topological polar surface area (TPSA) is 202 Å². The number of likely N-dealkylation sites (tertiary alicyclic amines) is 1. The maximum atomic E-state index is 14.1. The monoisotopic (exact) mass is 760 g/mol. The molecule has 2 fully saturated rings. The van der Waals surface area contributed by atoms with Crippen molar-refractivity contribution in [3.63, 3.8) is 0 Å². The van der Waals surface area contributed by atoms with Crippen LogP contribution in [0.3, 0.4) is 0 Å². The number of aromatic nitrogens is 2. The fourth-order valence-corrected chi connectivity index (χ4v) is 7.81. The summed E-state index contributed by atoms with van der Waals surface area (Å²) in [6.07, 6.45) is 1.41. The number of pyridine rings is 1. The lowest BCUT2D eigenvalue weighted by molar-refractivity contribution is -0.144. The third kappa shape index (κ3) is 8.19. The molecule has 0 unspecified atom stereocenters. The Balaban J connectivity index is 1.28. The smallest absolute Gasteiger partial charge is 0.330 e. The van der Waals surface area contributed by atoms with Crippen LogP contribution >= 0.6 is 0 Å². The summed E-state index contributed by atoms with van der Waals surface area (Å²) in [5.41, 5.74) is 0.575. The number of carbonyl (C=O) groups is 3. The van der Waals surface area contributed by atoms with Crippen molar-refractivity contribution in [1.29, 1.82) is 0 Å². The highest BCUT2D eigenvalue weighted by atomic mass is 32.2. The van der Waals surface area contributed by atoms with Gasteiger partial charge in [0.15, 0.2) is 0 Å². The SMILES string of the molecule is C=C[C@@H]1C[C@]1(NC(=O)[C@@H]1C[C@@H](Oc2cc(-c3ccccc3)nc3cc(OC)ccc23)CN1C(=O)N[C@H](CNS(=O)(=O)c1cc(C)on1)CC(C)C)C(=O)O. The molecule has 0 spiro atoms. The normalized spacial score (nSPS) is 21.4. The van der Waals surface area contributed by atoms with Crippen LogP contribution in [0.2, 0.25) is 0 Å². The highest BCUT2D eigenvalue weighted by Crippen LogP contribution is 2.45. The molecule has 2 aromatic carbocycles. The summed E-state index contributed by atoms with van der Waals surface area (Å²) in [5.74, 6) is -0.862. The molecular formula is C38H44N6O9S. The molecule has 6 rings (SSSR count). The molecule has 1 aliphatic carbocycles. The molecule has 16 heteroatoms. The molecule has 1 saturated carbocycles. The van der Waals surface area contributed by atoms with Crippen LogP contribution in [0, 0.1) is 18.8 Å². The second kappa shape index (κ2) is 15.5. The van der Waals surface area contributed by atoms with Crippen molar-refractivity contribution in [3.05, 3.63) is 79.1 Å². The van der Waals surface area contributed by atoms with Gasteiger partial charge in [0, 0.05) is 54.1 Å². The van der Waals surface area contributed by atoms with Crippen LogP contribution in [0.5, 0.6) is 11.5 Å². The Bertz CT molecular complexity index is 2160. The number of rotatable bonds is 15. The van der Waals surface area contributed by atoms with Gasteiger partial charge in [-0.3, -0.25) is 4.79 Å². The summed E-state index contributed by atoms with van der Waals surface area (Å²) in [6, 6.07) is 15.6. The first kappa shape index (κ1) is 38.3. The van der Waals surface area contributed by atoms with Crippen molar-refractivity contribution in [2.24, 2.45) is 11.8 Å². The van der Waals surface area contributed by atoms with Crippen molar-refractivity contribution in [1.82, 2.24) is 30.4 Å². The van der Waals surface area contributed by atoms with Gasteiger partial charge in [-0.1, -0.05) is 55.4 Å². The minimum absolute atomic E-state index is 0.0339. The van der Waals surface area contributed by atoms with E-state index >= 15 is 0 Å². The van der Waals surface area contributed by atoms with E-state index in [1.165, 1.54) is 17.0 Å². The van der Waals surface area contributed by atoms with E-state index in [4.69, 9.17) is 19.0 Å². The Labute approximate surface area is 313 Å². The Kier molecular flexibility index (Phi) is 11.0. The summed E-state index contributed by atoms with van der Waals surface area (Å²) in [6.45, 7) is 8.94. The number of benzene rings is 2. The molecule has 0 radical (unpaired) electrons. The van der Waals surface area contributed by atoms with Crippen molar-refractivity contribution < 1.29 is 41.9 Å². The first-order valence-corrected chi connectivity index (χ1v) is 19.1. The van der Waals surface area contributed by atoms with E-state index in [1.807, 2.05) is 50.2 Å². The van der Waals surface area contributed by atoms with Gasteiger partial charge in [0.25, 0.3) is 10.0 Å². The maximum absolute atomic E-state index is 14.1. The average Bonchev–Trinajstić information content (AvgIpc) is 3.42. The van der Waals surface area contributed by atoms with Gasteiger partial charge in [-0.25, -0.2) is 27.7 Å². The summed E-state index contributed by atoms with van der Waals surface area (Å²) in [4.78, 5) is 46.5. The predicted molar refractivity (Wildman–Crippen MR) is 198 cm³/mol. The van der Waals surface area contributed by atoms with Crippen LogP contribution in [0.4, 0.5) is 4.79 Å². The number of aryl methyl sites for hydroxylation is 1. The predicted octanol–water partition coefficient (Wildman–Crippen LogP) is 4.28. The lowest BCUT2D eigenvalue weighted by Gasteiger charge is -2.28. The number of methoxy groups -OCH3 is 1. The van der Waals surface area contributed by atoms with Gasteiger partial charge in [-0.15, -0.1) is 6.58 Å². The van der Waals surface area contributed by atoms with Crippen molar-refractivity contribution in [3.8, 4) is 22.8 Å². The molecule has 5 atom stereocenters. The first-order chi connectivity index (χ1) is 25.7. The Morgan fingerprint density at radius 2 is 1.91 bits per heavy atom. The van der Waals surface area contributed by atoms with Gasteiger partial charge >= 0.3 is 12.0 Å². The molecule has 54 heavy (non-hydrogen) atoms. The molecule has 3 heterocycles. The summed E-state index contributed by atoms with van der Waals surface area (Å²) < 4.78 is 45.3. The molecule has 4 aromatic rings. The summed E-state index contributed by atoms with van der Waals surface area (Å²) in [7, 11) is -2.48. The molecule has 286 valence electrons. The lowest BCUT2D eigenvalue weighted by Crippen LogP contribution is -2.56. The van der Waals surface area contributed by atoms with Gasteiger partial charge in [0.2, 0.25) is 10.9 Å². The molecule has 2 aromatic heterocycles. The van der Waals surface area contributed by atoms with E-state index in [0.717, 1.165) is 5.56 Å². The molecule has 1 aliphatic heterocycles. The summed E-state index contributed by atoms with van der Waals surface area (Å²) in [5, 5.41) is 19.6. The zero-order valence-electron chi connectivity index (χ0n) is 30.4. The molecule has 4 N–H and O–H groups in total. The van der Waals surface area contributed by atoms with E-state index in [1.54, 1.807) is 32.2 Å². The average molecular weight is 761 g/mol. The van der Waals surface area contributed by atoms with Crippen LogP contribution in [-0.4, -0.2) is 90.4 Å². The molecule has 15 nitrogen and oxygen atoms in total. The number of carboxylic acid groups (broad SMARTS) is 1. The lowest BCUT2D eigenvalue weighted by atomic mass is 10.0. The van der Waals surface area contributed by atoms with Crippen LogP contribution in [0.15, 0.2) is 82.9 Å². The number of hydrogen-bond donors (Lipinski definition) is 4. The number of nitrogens with one attached hydrogen (secondary N) is 3. The Hall–Kier alpha value is -5.48. The fourth-order valence-electron chi connectivity index (χ4n) is 6.79. The van der Waals surface area contributed by atoms with Gasteiger partial charge in [0.1, 0.15) is 34.9 Å². The zero-order chi connectivity index (χ0) is 38.8. The van der Waals surface area contributed by atoms with Crippen LogP contribution in [-0.2, 0) is 19.6 Å².